The van der Waals surface area contributed by atoms with Crippen molar-refractivity contribution in [2.45, 2.75) is 78.6 Å². The molecular weight excluding hydrogens is 332 g/mol. The van der Waals surface area contributed by atoms with Gasteiger partial charge in [-0.1, -0.05) is 19.3 Å². The number of carbonyl (C=O) groups excluding carboxylic acids is 3. The molecule has 0 saturated heterocycles. The van der Waals surface area contributed by atoms with Gasteiger partial charge < -0.3 is 19.3 Å². The number of ether oxygens (including phenoxy) is 3. The van der Waals surface area contributed by atoms with Crippen molar-refractivity contribution in [1.29, 1.82) is 0 Å². The number of hydrogen-bond acceptors (Lipinski definition) is 7. The minimum atomic E-state index is -1.02. The molecule has 144 valence electrons. The van der Waals surface area contributed by atoms with Crippen LogP contribution in [0.25, 0.3) is 0 Å². The fourth-order valence-corrected chi connectivity index (χ4v) is 2.39. The summed E-state index contributed by atoms with van der Waals surface area (Å²) in [6, 6.07) is 0. The zero-order valence-electron chi connectivity index (χ0n) is 15.3. The van der Waals surface area contributed by atoms with Gasteiger partial charge in [0.15, 0.2) is 0 Å². The van der Waals surface area contributed by atoms with Gasteiger partial charge in [0.25, 0.3) is 0 Å². The molecule has 0 spiro atoms. The Morgan fingerprint density at radius 3 is 1.92 bits per heavy atom. The quantitative estimate of drug-likeness (QED) is 0.320. The van der Waals surface area contributed by atoms with Crippen molar-refractivity contribution in [3.8, 4) is 0 Å². The summed E-state index contributed by atoms with van der Waals surface area (Å²) in [7, 11) is 0. The molecule has 0 amide bonds. The normalized spacial score (nSPS) is 14.1. The van der Waals surface area contributed by atoms with Gasteiger partial charge in [0, 0.05) is 27.2 Å². The molecule has 25 heavy (non-hydrogen) atoms. The lowest BCUT2D eigenvalue weighted by Crippen LogP contribution is -2.34. The van der Waals surface area contributed by atoms with E-state index >= 15 is 0 Å². The van der Waals surface area contributed by atoms with Gasteiger partial charge in [0.1, 0.15) is 6.10 Å². The highest BCUT2D eigenvalue weighted by Crippen LogP contribution is 2.20. The monoisotopic (exact) mass is 360 g/mol. The Kier molecular flexibility index (Phi) is 11.2. The van der Waals surface area contributed by atoms with Crippen LogP contribution < -0.4 is 0 Å². The lowest BCUT2D eigenvalue weighted by Gasteiger charge is -2.24. The molecule has 0 saturated carbocycles. The molecule has 0 aromatic rings. The smallest absolute Gasteiger partial charge is 0.315 e. The Hall–Kier alpha value is -2.12. The molecule has 0 heterocycles. The summed E-state index contributed by atoms with van der Waals surface area (Å²) in [6.07, 6.45) is 1.58. The zero-order chi connectivity index (χ0) is 19.4. The number of carboxylic acid groups (broad SMARTS) is 1. The van der Waals surface area contributed by atoms with E-state index < -0.39 is 42.2 Å². The van der Waals surface area contributed by atoms with Crippen LogP contribution >= 0.6 is 0 Å². The second kappa shape index (κ2) is 12.3. The molecule has 3 unspecified atom stereocenters. The number of hydrogen-bond donors (Lipinski definition) is 1. The van der Waals surface area contributed by atoms with Crippen molar-refractivity contribution in [3.05, 3.63) is 0 Å². The third kappa shape index (κ3) is 12.0. The van der Waals surface area contributed by atoms with E-state index in [9.17, 15) is 19.2 Å². The van der Waals surface area contributed by atoms with Gasteiger partial charge in [0.2, 0.25) is 6.29 Å². The largest absolute Gasteiger partial charge is 0.481 e. The van der Waals surface area contributed by atoms with Crippen LogP contribution in [0.2, 0.25) is 0 Å². The summed E-state index contributed by atoms with van der Waals surface area (Å²) < 4.78 is 14.9. The number of unbranched alkanes of at least 4 members (excludes halogenated alkanes) is 3. The number of aliphatic carboxylic acids is 1. The van der Waals surface area contributed by atoms with Gasteiger partial charge in [-0.15, -0.1) is 0 Å². The van der Waals surface area contributed by atoms with E-state index in [-0.39, 0.29) is 6.42 Å². The van der Waals surface area contributed by atoms with Crippen LogP contribution in [0.5, 0.6) is 0 Å². The van der Waals surface area contributed by atoms with Crippen LogP contribution in [-0.2, 0) is 33.4 Å². The standard InChI is InChI=1S/C17H28O8/c1-11(23-12(2)18)15(9-7-5-6-8-10-16(20)21)17(22)25-14(4)24-13(3)19/h11,14-15H,5-10H2,1-4H3,(H,20,21). The molecule has 0 bridgehead atoms. The van der Waals surface area contributed by atoms with Crippen molar-refractivity contribution in [3.63, 3.8) is 0 Å². The Morgan fingerprint density at radius 2 is 1.40 bits per heavy atom. The lowest BCUT2D eigenvalue weighted by atomic mass is 9.95. The summed E-state index contributed by atoms with van der Waals surface area (Å²) in [5.41, 5.74) is 0. The molecule has 0 fully saturated rings. The van der Waals surface area contributed by atoms with Crippen molar-refractivity contribution in [2.24, 2.45) is 5.92 Å². The Bertz CT molecular complexity index is 460. The second-order valence-corrected chi connectivity index (χ2v) is 5.88. The highest BCUT2D eigenvalue weighted by molar-refractivity contribution is 5.74. The highest BCUT2D eigenvalue weighted by atomic mass is 16.7. The number of esters is 3. The van der Waals surface area contributed by atoms with Crippen molar-refractivity contribution in [1.82, 2.24) is 0 Å². The first-order chi connectivity index (χ1) is 11.6. The minimum Gasteiger partial charge on any atom is -0.481 e. The molecule has 0 aliphatic rings. The molecule has 1 N–H and O–H groups in total. The third-order valence-corrected chi connectivity index (χ3v) is 3.49. The fraction of sp³-hybridized carbons (Fsp3) is 0.765. The van der Waals surface area contributed by atoms with Crippen LogP contribution in [0.1, 0.15) is 66.2 Å². The van der Waals surface area contributed by atoms with E-state index in [1.165, 1.54) is 20.8 Å². The molecule has 8 nitrogen and oxygen atoms in total. The zero-order valence-corrected chi connectivity index (χ0v) is 15.3. The van der Waals surface area contributed by atoms with Gasteiger partial charge in [-0.05, 0) is 19.8 Å². The molecule has 0 radical (unpaired) electrons. The van der Waals surface area contributed by atoms with Crippen LogP contribution in [0, 0.1) is 5.92 Å². The fourth-order valence-electron chi connectivity index (χ4n) is 2.39. The van der Waals surface area contributed by atoms with E-state index in [0.29, 0.717) is 19.3 Å². The third-order valence-electron chi connectivity index (χ3n) is 3.49. The molecule has 0 aliphatic heterocycles. The van der Waals surface area contributed by atoms with Crippen molar-refractivity contribution < 1.29 is 38.5 Å². The van der Waals surface area contributed by atoms with Crippen molar-refractivity contribution >= 4 is 23.9 Å². The lowest BCUT2D eigenvalue weighted by molar-refractivity contribution is -0.189. The maximum absolute atomic E-state index is 12.3. The first-order valence-corrected chi connectivity index (χ1v) is 8.40. The number of rotatable bonds is 12. The van der Waals surface area contributed by atoms with Crippen molar-refractivity contribution in [2.75, 3.05) is 0 Å². The maximum atomic E-state index is 12.3. The van der Waals surface area contributed by atoms with Gasteiger partial charge in [-0.2, -0.15) is 0 Å². The van der Waals surface area contributed by atoms with E-state index in [1.807, 2.05) is 0 Å². The number of carboxylic acids is 1. The average Bonchev–Trinajstić information content (AvgIpc) is 2.43. The molecular formula is C17H28O8. The van der Waals surface area contributed by atoms with E-state index in [4.69, 9.17) is 19.3 Å². The van der Waals surface area contributed by atoms with Gasteiger partial charge in [0.05, 0.1) is 5.92 Å². The molecule has 0 aromatic carbocycles. The predicted octanol–water partition coefficient (Wildman–Crippen LogP) is 2.43. The van der Waals surface area contributed by atoms with Gasteiger partial charge >= 0.3 is 23.9 Å². The topological polar surface area (TPSA) is 116 Å². The summed E-state index contributed by atoms with van der Waals surface area (Å²) in [6.45, 7) is 5.50. The minimum absolute atomic E-state index is 0.120. The Labute approximate surface area is 147 Å². The molecule has 0 aliphatic carbocycles. The van der Waals surface area contributed by atoms with E-state index in [2.05, 4.69) is 0 Å². The summed E-state index contributed by atoms with van der Waals surface area (Å²) in [4.78, 5) is 44.7. The maximum Gasteiger partial charge on any atom is 0.315 e. The van der Waals surface area contributed by atoms with Gasteiger partial charge in [-0.25, -0.2) is 0 Å². The Morgan fingerprint density at radius 1 is 0.840 bits per heavy atom. The van der Waals surface area contributed by atoms with E-state index in [1.54, 1.807) is 6.92 Å². The van der Waals surface area contributed by atoms with Gasteiger partial charge in [-0.3, -0.25) is 19.2 Å². The molecule has 3 atom stereocenters. The number of carbonyl (C=O) groups is 4. The van der Waals surface area contributed by atoms with Crippen LogP contribution in [-0.4, -0.2) is 41.4 Å². The summed E-state index contributed by atoms with van der Waals surface area (Å²) in [5.74, 6) is -3.18. The molecule has 8 heteroatoms. The van der Waals surface area contributed by atoms with Crippen LogP contribution in [0.15, 0.2) is 0 Å². The predicted molar refractivity (Wildman–Crippen MR) is 87.4 cm³/mol. The Balaban J connectivity index is 4.53. The average molecular weight is 360 g/mol. The first kappa shape index (κ1) is 22.9. The molecule has 0 rings (SSSR count). The van der Waals surface area contributed by atoms with Crippen LogP contribution in [0.3, 0.4) is 0 Å². The summed E-state index contributed by atoms with van der Waals surface area (Å²) >= 11 is 0. The highest BCUT2D eigenvalue weighted by Gasteiger charge is 2.30. The van der Waals surface area contributed by atoms with Crippen LogP contribution in [0.4, 0.5) is 0 Å². The summed E-state index contributed by atoms with van der Waals surface area (Å²) in [5, 5.41) is 8.59. The van der Waals surface area contributed by atoms with E-state index in [0.717, 1.165) is 12.8 Å². The first-order valence-electron chi connectivity index (χ1n) is 8.40. The molecule has 0 aromatic heterocycles. The SMILES string of the molecule is CC(=O)OC(C)OC(=O)C(CCCCCCC(=O)O)C(C)OC(C)=O. The second-order valence-electron chi connectivity index (χ2n) is 5.88.